The summed E-state index contributed by atoms with van der Waals surface area (Å²) in [7, 11) is -2.80. The van der Waals surface area contributed by atoms with E-state index in [2.05, 4.69) is 0 Å². The molecule has 4 nitrogen and oxygen atoms in total. The molecule has 1 aliphatic rings. The molecule has 0 saturated carbocycles. The molecule has 0 aromatic carbocycles. The Labute approximate surface area is 72.6 Å². The summed E-state index contributed by atoms with van der Waals surface area (Å²) in [6, 6.07) is 0. The predicted molar refractivity (Wildman–Crippen MR) is 45.5 cm³/mol. The fourth-order valence-corrected chi connectivity index (χ4v) is 2.48. The van der Waals surface area contributed by atoms with Gasteiger partial charge in [-0.05, 0) is 13.8 Å². The van der Waals surface area contributed by atoms with Gasteiger partial charge in [-0.2, -0.15) is 0 Å². The average molecular weight is 194 g/mol. The Hall–Kier alpha value is 0.110. The Kier molecular flexibility index (Phi) is 2.94. The fourth-order valence-electron chi connectivity index (χ4n) is 1.10. The summed E-state index contributed by atoms with van der Waals surface area (Å²) in [5.41, 5.74) is -1.02. The van der Waals surface area contributed by atoms with E-state index in [1.54, 1.807) is 20.5 Å². The lowest BCUT2D eigenvalue weighted by molar-refractivity contribution is -0.0797. The van der Waals surface area contributed by atoms with E-state index < -0.39 is 12.9 Å². The van der Waals surface area contributed by atoms with Crippen LogP contribution in [0.4, 0.5) is 0 Å². The molecule has 72 valence electrons. The Bertz CT molecular complexity index is 198. The standard InChI is InChI=1S/C7H15O4P/c1-4-11-12(3,8)7(2)9-5-6-10-7/h4-6H2,1-3H3. The van der Waals surface area contributed by atoms with E-state index in [1.807, 2.05) is 0 Å². The van der Waals surface area contributed by atoms with E-state index in [0.29, 0.717) is 19.8 Å². The molecule has 1 aliphatic heterocycles. The zero-order valence-corrected chi connectivity index (χ0v) is 8.60. The van der Waals surface area contributed by atoms with E-state index in [4.69, 9.17) is 14.0 Å². The maximum Gasteiger partial charge on any atom is 0.257 e. The van der Waals surface area contributed by atoms with E-state index in [9.17, 15) is 4.57 Å². The molecule has 1 saturated heterocycles. The number of ether oxygens (including phenoxy) is 2. The van der Waals surface area contributed by atoms with E-state index in [-0.39, 0.29) is 0 Å². The smallest absolute Gasteiger partial charge is 0.257 e. The van der Waals surface area contributed by atoms with E-state index in [0.717, 1.165) is 0 Å². The quantitative estimate of drug-likeness (QED) is 0.641. The molecule has 0 bridgehead atoms. The largest absolute Gasteiger partial charge is 0.340 e. The first kappa shape index (κ1) is 10.2. The third kappa shape index (κ3) is 1.72. The van der Waals surface area contributed by atoms with Crippen molar-refractivity contribution in [1.82, 2.24) is 0 Å². The molecular weight excluding hydrogens is 179 g/mol. The molecule has 1 atom stereocenters. The Balaban J connectivity index is 2.71. The number of rotatable bonds is 3. The van der Waals surface area contributed by atoms with Crippen molar-refractivity contribution in [2.75, 3.05) is 26.5 Å². The highest BCUT2D eigenvalue weighted by molar-refractivity contribution is 7.59. The minimum absolute atomic E-state index is 0.413. The van der Waals surface area contributed by atoms with Crippen molar-refractivity contribution in [3.05, 3.63) is 0 Å². The molecule has 1 unspecified atom stereocenters. The van der Waals surface area contributed by atoms with E-state index in [1.165, 1.54) is 0 Å². The van der Waals surface area contributed by atoms with Crippen LogP contribution >= 0.6 is 7.37 Å². The Morgan fingerprint density at radius 2 is 2.00 bits per heavy atom. The molecule has 0 aliphatic carbocycles. The van der Waals surface area contributed by atoms with Crippen molar-refractivity contribution in [2.45, 2.75) is 19.4 Å². The molecule has 12 heavy (non-hydrogen) atoms. The molecule has 5 heteroatoms. The van der Waals surface area contributed by atoms with Crippen molar-refractivity contribution < 1.29 is 18.6 Å². The molecule has 0 aromatic rings. The molecular formula is C7H15O4P. The summed E-state index contributed by atoms with van der Waals surface area (Å²) >= 11 is 0. The summed E-state index contributed by atoms with van der Waals surface area (Å²) in [6.07, 6.45) is 0. The summed E-state index contributed by atoms with van der Waals surface area (Å²) in [4.78, 5) is 0. The van der Waals surface area contributed by atoms with Crippen molar-refractivity contribution >= 4 is 7.37 Å². The summed E-state index contributed by atoms with van der Waals surface area (Å²) in [5, 5.41) is 0. The maximum atomic E-state index is 11.9. The average Bonchev–Trinajstić information content (AvgIpc) is 2.37. The maximum absolute atomic E-state index is 11.9. The van der Waals surface area contributed by atoms with Crippen LogP contribution in [-0.2, 0) is 18.6 Å². The molecule has 0 aromatic heterocycles. The van der Waals surface area contributed by atoms with Gasteiger partial charge in [0.2, 0.25) is 5.53 Å². The first-order chi connectivity index (χ1) is 5.52. The highest BCUT2D eigenvalue weighted by Gasteiger charge is 2.47. The van der Waals surface area contributed by atoms with Crippen LogP contribution < -0.4 is 0 Å². The minimum Gasteiger partial charge on any atom is -0.340 e. The summed E-state index contributed by atoms with van der Waals surface area (Å²) in [5.74, 6) is 0. The predicted octanol–water partition coefficient (Wildman–Crippen LogP) is 1.65. The fraction of sp³-hybridized carbons (Fsp3) is 1.00. The number of hydrogen-bond donors (Lipinski definition) is 0. The van der Waals surface area contributed by atoms with Gasteiger partial charge in [-0.15, -0.1) is 0 Å². The topological polar surface area (TPSA) is 44.8 Å². The van der Waals surface area contributed by atoms with Gasteiger partial charge in [0.25, 0.3) is 7.37 Å². The minimum atomic E-state index is -2.80. The lowest BCUT2D eigenvalue weighted by Gasteiger charge is -2.28. The lowest BCUT2D eigenvalue weighted by atomic mass is 10.8. The normalized spacial score (nSPS) is 26.9. The van der Waals surface area contributed by atoms with Crippen LogP contribution in [0.3, 0.4) is 0 Å². The van der Waals surface area contributed by atoms with Gasteiger partial charge in [0, 0.05) is 6.66 Å². The van der Waals surface area contributed by atoms with Gasteiger partial charge in [0.05, 0.1) is 19.8 Å². The Morgan fingerprint density at radius 1 is 1.50 bits per heavy atom. The molecule has 1 heterocycles. The van der Waals surface area contributed by atoms with Gasteiger partial charge in [-0.3, -0.25) is 4.57 Å². The Morgan fingerprint density at radius 3 is 2.42 bits per heavy atom. The van der Waals surface area contributed by atoms with E-state index >= 15 is 0 Å². The van der Waals surface area contributed by atoms with Crippen molar-refractivity contribution in [2.24, 2.45) is 0 Å². The second-order valence-corrected chi connectivity index (χ2v) is 5.62. The van der Waals surface area contributed by atoms with Gasteiger partial charge in [0.15, 0.2) is 0 Å². The van der Waals surface area contributed by atoms with Crippen molar-refractivity contribution in [3.8, 4) is 0 Å². The lowest BCUT2D eigenvalue weighted by Crippen LogP contribution is -2.26. The second kappa shape index (κ2) is 3.46. The van der Waals surface area contributed by atoms with Crippen LogP contribution in [0, 0.1) is 0 Å². The highest BCUT2D eigenvalue weighted by atomic mass is 31.2. The van der Waals surface area contributed by atoms with Crippen molar-refractivity contribution in [3.63, 3.8) is 0 Å². The molecule has 1 rings (SSSR count). The number of hydrogen-bond acceptors (Lipinski definition) is 4. The van der Waals surface area contributed by atoms with Crippen LogP contribution in [0.25, 0.3) is 0 Å². The molecule has 0 N–H and O–H groups in total. The van der Waals surface area contributed by atoms with Gasteiger partial charge in [-0.25, -0.2) is 0 Å². The third-order valence-electron chi connectivity index (χ3n) is 1.94. The molecule has 0 radical (unpaired) electrons. The zero-order chi connectivity index (χ0) is 9.24. The van der Waals surface area contributed by atoms with Crippen LogP contribution in [0.5, 0.6) is 0 Å². The monoisotopic (exact) mass is 194 g/mol. The third-order valence-corrected chi connectivity index (χ3v) is 4.42. The second-order valence-electron chi connectivity index (χ2n) is 2.86. The van der Waals surface area contributed by atoms with Gasteiger partial charge >= 0.3 is 0 Å². The summed E-state index contributed by atoms with van der Waals surface area (Å²) < 4.78 is 27.5. The highest BCUT2D eigenvalue weighted by Crippen LogP contribution is 2.58. The SMILES string of the molecule is CCOP(C)(=O)C1(C)OCCO1. The first-order valence-electron chi connectivity index (χ1n) is 4.02. The molecule has 0 spiro atoms. The first-order valence-corrected chi connectivity index (χ1v) is 6.09. The van der Waals surface area contributed by atoms with Crippen LogP contribution in [0.15, 0.2) is 0 Å². The molecule has 1 fully saturated rings. The van der Waals surface area contributed by atoms with Crippen LogP contribution in [0.1, 0.15) is 13.8 Å². The van der Waals surface area contributed by atoms with Gasteiger partial charge in [-0.1, -0.05) is 0 Å². The summed E-state index contributed by atoms with van der Waals surface area (Å²) in [6.45, 7) is 6.39. The molecule has 0 amide bonds. The van der Waals surface area contributed by atoms with Crippen LogP contribution in [0.2, 0.25) is 0 Å². The van der Waals surface area contributed by atoms with Gasteiger partial charge in [0.1, 0.15) is 0 Å². The zero-order valence-electron chi connectivity index (χ0n) is 7.70. The van der Waals surface area contributed by atoms with Crippen molar-refractivity contribution in [1.29, 1.82) is 0 Å². The van der Waals surface area contributed by atoms with Gasteiger partial charge < -0.3 is 14.0 Å². The van der Waals surface area contributed by atoms with Crippen LogP contribution in [-0.4, -0.2) is 32.0 Å².